The van der Waals surface area contributed by atoms with Gasteiger partial charge in [-0.2, -0.15) is 25.8 Å². The number of rotatable bonds is 6. The number of hydrogen-bond acceptors (Lipinski definition) is 4. The van der Waals surface area contributed by atoms with Crippen molar-refractivity contribution in [2.45, 2.75) is 34.1 Å². The van der Waals surface area contributed by atoms with Crippen LogP contribution in [-0.4, -0.2) is 18.5 Å². The van der Waals surface area contributed by atoms with Gasteiger partial charge in [0.15, 0.2) is 0 Å². The summed E-state index contributed by atoms with van der Waals surface area (Å²) in [5.41, 5.74) is 1.42. The van der Waals surface area contributed by atoms with Crippen LogP contribution in [0.15, 0.2) is 65.1 Å². The summed E-state index contributed by atoms with van der Waals surface area (Å²) in [7, 11) is 0. The number of hydrogen-bond donors (Lipinski definition) is 1. The van der Waals surface area contributed by atoms with Crippen LogP contribution in [0, 0.1) is 19.3 Å². The molecule has 1 heterocycles. The maximum atomic E-state index is 12.4. The van der Waals surface area contributed by atoms with Gasteiger partial charge in [-0.3, -0.25) is 4.79 Å². The topological polar surface area (TPSA) is 76.4 Å². The maximum Gasteiger partial charge on any atom is 0.238 e. The molecule has 0 unspecified atom stereocenters. The zero-order chi connectivity index (χ0) is 23.9. The molecule has 0 atom stereocenters. The van der Waals surface area contributed by atoms with E-state index in [1.807, 2.05) is 26.3 Å². The van der Waals surface area contributed by atoms with Crippen LogP contribution in [0.2, 0.25) is 0 Å². The van der Waals surface area contributed by atoms with Gasteiger partial charge in [-0.15, -0.1) is 11.3 Å². The van der Waals surface area contributed by atoms with Crippen molar-refractivity contribution in [3.63, 3.8) is 0 Å². The van der Waals surface area contributed by atoms with Gasteiger partial charge in [0.2, 0.25) is 5.91 Å². The minimum atomic E-state index is -0.428. The molecule has 0 bridgehead atoms. The third-order valence-corrected chi connectivity index (χ3v) is 4.01. The van der Waals surface area contributed by atoms with Gasteiger partial charge in [0.25, 0.3) is 0 Å². The molecule has 2 radical (unpaired) electrons. The summed E-state index contributed by atoms with van der Waals surface area (Å²) in [6, 6.07) is 17.3. The molecule has 7 heteroatoms. The molecule has 1 aromatic heterocycles. The first-order valence-corrected chi connectivity index (χ1v) is 10.3. The van der Waals surface area contributed by atoms with Gasteiger partial charge in [0, 0.05) is 89.3 Å². The van der Waals surface area contributed by atoms with Crippen LogP contribution in [-0.2, 0) is 75.0 Å². The molecular weight excluding hydrogens is 580 g/mol. The van der Waals surface area contributed by atoms with E-state index < -0.39 is 5.91 Å². The molecule has 1 N–H and O–H groups in total. The molecule has 0 saturated heterocycles. The Morgan fingerprint density at radius 2 is 1.38 bits per heavy atom. The third kappa shape index (κ3) is 11.4. The fourth-order valence-electron chi connectivity index (χ4n) is 2.35. The van der Waals surface area contributed by atoms with E-state index >= 15 is 0 Å². The Hall–Kier alpha value is -1.26. The fourth-order valence-corrected chi connectivity index (χ4v) is 2.35. The molecule has 0 saturated carbocycles. The minimum Gasteiger partial charge on any atom is -0.528 e. The van der Waals surface area contributed by atoms with Gasteiger partial charge in [-0.05, 0) is 17.9 Å². The second-order valence-corrected chi connectivity index (χ2v) is 7.16. The fraction of sp³-hybridized carbons (Fsp3) is 0.222. The summed E-state index contributed by atoms with van der Waals surface area (Å²) in [5, 5.41) is 2.63. The van der Waals surface area contributed by atoms with Crippen molar-refractivity contribution in [3.8, 4) is 11.1 Å². The number of carbonyl (C=O) groups is 1. The molecule has 34 heavy (non-hydrogen) atoms. The van der Waals surface area contributed by atoms with Crippen LogP contribution < -0.4 is 5.32 Å². The summed E-state index contributed by atoms with van der Waals surface area (Å²) < 4.78 is 5.17. The predicted molar refractivity (Wildman–Crippen MR) is 129 cm³/mol. The molecule has 2 aromatic carbocycles. The summed E-state index contributed by atoms with van der Waals surface area (Å²) in [5.74, 6) is -0.0723. The van der Waals surface area contributed by atoms with E-state index in [0.717, 1.165) is 12.3 Å². The average Bonchev–Trinajstić information content (AvgIpc) is 3.18. The number of carbonyl (C=O) groups excluding carboxylic acids is 3. The Kier molecular flexibility index (Phi) is 20.5. The normalized spacial score (nSPS) is 9.12. The quantitative estimate of drug-likeness (QED) is 0.338. The van der Waals surface area contributed by atoms with Crippen molar-refractivity contribution in [1.82, 2.24) is 0 Å². The van der Waals surface area contributed by atoms with E-state index in [4.69, 9.17) is 4.42 Å². The van der Waals surface area contributed by atoms with Gasteiger partial charge < -0.3 is 32.7 Å². The predicted octanol–water partition coefficient (Wildman–Crippen LogP) is 6.21. The van der Waals surface area contributed by atoms with E-state index in [2.05, 4.69) is 26.1 Å². The second-order valence-electron chi connectivity index (χ2n) is 7.16. The van der Waals surface area contributed by atoms with E-state index in [1.165, 1.54) is 0 Å². The summed E-state index contributed by atoms with van der Waals surface area (Å²) in [4.78, 5) is 34.7. The molecule has 0 spiro atoms. The Balaban J connectivity index is 0. The third-order valence-electron chi connectivity index (χ3n) is 4.01. The van der Waals surface area contributed by atoms with E-state index in [0.29, 0.717) is 16.7 Å². The van der Waals surface area contributed by atoms with E-state index in [1.54, 1.807) is 67.2 Å². The van der Waals surface area contributed by atoms with Gasteiger partial charge in [-0.25, -0.2) is 0 Å². The zero-order valence-electron chi connectivity index (χ0n) is 20.1. The molecular formula is C27H29NO4Y2-4. The Labute approximate surface area is 253 Å². The van der Waals surface area contributed by atoms with Crippen molar-refractivity contribution in [2.75, 3.05) is 5.32 Å². The Morgan fingerprint density at radius 1 is 0.941 bits per heavy atom. The number of nitrogens with one attached hydrogen (secondary N) is 1. The van der Waals surface area contributed by atoms with Crippen molar-refractivity contribution in [3.05, 3.63) is 91.1 Å². The maximum absolute atomic E-state index is 12.4. The minimum absolute atomic E-state index is 0. The Bertz CT molecular complexity index is 971. The molecule has 3 aromatic rings. The smallest absolute Gasteiger partial charge is 0.238 e. The summed E-state index contributed by atoms with van der Waals surface area (Å²) >= 11 is 0. The van der Waals surface area contributed by atoms with E-state index in [9.17, 15) is 14.4 Å². The standard InChI is InChI=1S/C19H11NO4.C5H11.C3H7.2Y/c21-11-15-17(13-7-3-1-4-8-13)18(16(12-22)24-15)20-19(23)14-9-5-2-6-10-14;1-4-5(2)3;1-3-2;;/h1-10H,(H,20,23);5H,1,4H2,2-3H3;3H,1-2H3;;/q-2;2*-1;;. The van der Waals surface area contributed by atoms with Crippen molar-refractivity contribution < 1.29 is 84.2 Å². The van der Waals surface area contributed by atoms with Crippen molar-refractivity contribution in [1.29, 1.82) is 0 Å². The van der Waals surface area contributed by atoms with Crippen LogP contribution >= 0.6 is 0 Å². The molecule has 5 nitrogen and oxygen atoms in total. The monoisotopic (exact) mass is 609 g/mol. The number of furan rings is 1. The summed E-state index contributed by atoms with van der Waals surface area (Å²) in [6.45, 7) is 12.0. The SMILES string of the molecule is C[CH-]C.O=[C-]c1oc([C-]=O)c(-c2ccccc2)c1NC(=O)c1ccccc1.[CH2-]CC(C)C.[Y].[Y]. The van der Waals surface area contributed by atoms with E-state index in [-0.39, 0.29) is 82.6 Å². The number of amides is 1. The molecule has 1 amide bonds. The first kappa shape index (κ1) is 34.9. The van der Waals surface area contributed by atoms with Crippen LogP contribution in [0.25, 0.3) is 11.1 Å². The molecule has 0 fully saturated rings. The van der Waals surface area contributed by atoms with Crippen LogP contribution in [0.1, 0.15) is 56.0 Å². The second kappa shape index (κ2) is 20.0. The summed E-state index contributed by atoms with van der Waals surface area (Å²) in [6.07, 6.45) is 6.32. The number of benzene rings is 2. The first-order valence-electron chi connectivity index (χ1n) is 10.3. The van der Waals surface area contributed by atoms with Gasteiger partial charge in [0.05, 0.1) is 0 Å². The van der Waals surface area contributed by atoms with Crippen molar-refractivity contribution in [2.24, 2.45) is 5.92 Å². The average molecular weight is 609 g/mol. The Morgan fingerprint density at radius 3 is 1.79 bits per heavy atom. The van der Waals surface area contributed by atoms with Crippen LogP contribution in [0.5, 0.6) is 0 Å². The van der Waals surface area contributed by atoms with Gasteiger partial charge in [0.1, 0.15) is 0 Å². The van der Waals surface area contributed by atoms with Crippen LogP contribution in [0.4, 0.5) is 5.69 Å². The largest absolute Gasteiger partial charge is 0.528 e. The molecule has 0 aliphatic rings. The van der Waals surface area contributed by atoms with Crippen LogP contribution in [0.3, 0.4) is 0 Å². The zero-order valence-corrected chi connectivity index (χ0v) is 25.8. The van der Waals surface area contributed by atoms with Crippen molar-refractivity contribution >= 4 is 24.2 Å². The first-order chi connectivity index (χ1) is 15.4. The molecule has 3 rings (SSSR count). The number of anilines is 1. The molecule has 0 aliphatic heterocycles. The molecule has 176 valence electrons. The molecule has 0 aliphatic carbocycles. The van der Waals surface area contributed by atoms with Gasteiger partial charge in [-0.1, -0.05) is 68.3 Å². The van der Waals surface area contributed by atoms with Gasteiger partial charge >= 0.3 is 0 Å².